The van der Waals surface area contributed by atoms with Crippen LogP contribution in [0.4, 0.5) is 0 Å². The van der Waals surface area contributed by atoms with Gasteiger partial charge in [0.2, 0.25) is 11.8 Å². The Labute approximate surface area is 153 Å². The molecule has 136 valence electrons. The van der Waals surface area contributed by atoms with Crippen molar-refractivity contribution in [3.8, 4) is 0 Å². The molecule has 1 unspecified atom stereocenters. The molecule has 0 saturated carbocycles. The van der Waals surface area contributed by atoms with Gasteiger partial charge < -0.3 is 15.7 Å². The number of primary amides is 1. The number of aliphatic hydroxyl groups excluding tert-OH is 1. The summed E-state index contributed by atoms with van der Waals surface area (Å²) < 4.78 is 0. The lowest BCUT2D eigenvalue weighted by atomic mass is 9.74. The van der Waals surface area contributed by atoms with Gasteiger partial charge in [0.25, 0.3) is 0 Å². The number of benzene rings is 2. The van der Waals surface area contributed by atoms with Gasteiger partial charge in [0, 0.05) is 24.1 Å². The fourth-order valence-electron chi connectivity index (χ4n) is 3.78. The fourth-order valence-corrected chi connectivity index (χ4v) is 3.78. The van der Waals surface area contributed by atoms with Gasteiger partial charge in [-0.1, -0.05) is 48.5 Å². The van der Waals surface area contributed by atoms with Crippen molar-refractivity contribution in [3.05, 3.63) is 71.3 Å². The Balaban J connectivity index is 1.79. The van der Waals surface area contributed by atoms with Crippen molar-refractivity contribution in [2.24, 2.45) is 5.73 Å². The Morgan fingerprint density at radius 2 is 1.77 bits per heavy atom. The second-order valence-corrected chi connectivity index (χ2v) is 6.92. The molecule has 2 amide bonds. The van der Waals surface area contributed by atoms with Gasteiger partial charge in [-0.25, -0.2) is 0 Å². The maximum absolute atomic E-state index is 12.9. The van der Waals surface area contributed by atoms with Gasteiger partial charge in [0.05, 0.1) is 13.0 Å². The van der Waals surface area contributed by atoms with Crippen molar-refractivity contribution in [1.29, 1.82) is 0 Å². The van der Waals surface area contributed by atoms with E-state index in [4.69, 9.17) is 5.73 Å². The van der Waals surface area contributed by atoms with Gasteiger partial charge >= 0.3 is 0 Å². The third-order valence-corrected chi connectivity index (χ3v) is 5.24. The number of nitrogens with two attached hydrogens (primary N) is 1. The minimum atomic E-state index is -0.527. The molecule has 1 aliphatic heterocycles. The molecule has 1 atom stereocenters. The largest absolute Gasteiger partial charge is 0.395 e. The van der Waals surface area contributed by atoms with E-state index >= 15 is 0 Å². The Kier molecular flexibility index (Phi) is 5.38. The molecule has 0 bridgehead atoms. The third-order valence-electron chi connectivity index (χ3n) is 5.24. The SMILES string of the molecule is NC(=O)c1ccccc1CC(=O)N1CCCC(CO)(c2ccccc2)C1. The van der Waals surface area contributed by atoms with E-state index in [9.17, 15) is 14.7 Å². The van der Waals surface area contributed by atoms with Crippen molar-refractivity contribution < 1.29 is 14.7 Å². The van der Waals surface area contributed by atoms with Gasteiger partial charge in [-0.3, -0.25) is 9.59 Å². The lowest BCUT2D eigenvalue weighted by Crippen LogP contribution is -2.50. The minimum Gasteiger partial charge on any atom is -0.395 e. The van der Waals surface area contributed by atoms with Crippen LogP contribution >= 0.6 is 0 Å². The average Bonchev–Trinajstić information content (AvgIpc) is 2.69. The summed E-state index contributed by atoms with van der Waals surface area (Å²) >= 11 is 0. The average molecular weight is 352 g/mol. The van der Waals surface area contributed by atoms with Crippen molar-refractivity contribution in [2.75, 3.05) is 19.7 Å². The first-order valence-electron chi connectivity index (χ1n) is 8.88. The van der Waals surface area contributed by atoms with Crippen LogP contribution < -0.4 is 5.73 Å². The maximum Gasteiger partial charge on any atom is 0.248 e. The first kappa shape index (κ1) is 18.1. The topological polar surface area (TPSA) is 83.6 Å². The van der Waals surface area contributed by atoms with Crippen molar-refractivity contribution >= 4 is 11.8 Å². The Morgan fingerprint density at radius 1 is 1.08 bits per heavy atom. The molecular formula is C21H24N2O3. The van der Waals surface area contributed by atoms with Crippen LogP contribution in [0, 0.1) is 0 Å². The highest BCUT2D eigenvalue weighted by molar-refractivity contribution is 5.95. The molecule has 0 aromatic heterocycles. The molecule has 2 aromatic rings. The van der Waals surface area contributed by atoms with E-state index in [1.807, 2.05) is 30.3 Å². The molecule has 5 heteroatoms. The number of nitrogens with zero attached hydrogens (tertiary/aromatic N) is 1. The third kappa shape index (κ3) is 3.63. The lowest BCUT2D eigenvalue weighted by molar-refractivity contribution is -0.133. The molecule has 26 heavy (non-hydrogen) atoms. The van der Waals surface area contributed by atoms with Crippen molar-refractivity contribution in [1.82, 2.24) is 4.90 Å². The predicted molar refractivity (Wildman–Crippen MR) is 99.7 cm³/mol. The Bertz CT molecular complexity index is 791. The van der Waals surface area contributed by atoms with Crippen LogP contribution in [0.5, 0.6) is 0 Å². The van der Waals surface area contributed by atoms with Crippen LogP contribution in [0.3, 0.4) is 0 Å². The first-order chi connectivity index (χ1) is 12.6. The highest BCUT2D eigenvalue weighted by Crippen LogP contribution is 2.34. The number of aliphatic hydroxyl groups is 1. The smallest absolute Gasteiger partial charge is 0.248 e. The number of carbonyl (C=O) groups is 2. The van der Waals surface area contributed by atoms with E-state index in [1.54, 1.807) is 29.2 Å². The molecule has 1 fully saturated rings. The first-order valence-corrected chi connectivity index (χ1v) is 8.88. The number of piperidine rings is 1. The van der Waals surface area contributed by atoms with Gasteiger partial charge in [-0.2, -0.15) is 0 Å². The maximum atomic E-state index is 12.9. The number of rotatable bonds is 5. The molecule has 1 saturated heterocycles. The Morgan fingerprint density at radius 3 is 2.46 bits per heavy atom. The highest BCUT2D eigenvalue weighted by Gasteiger charge is 2.38. The monoisotopic (exact) mass is 352 g/mol. The fraction of sp³-hybridized carbons (Fsp3) is 0.333. The Hall–Kier alpha value is -2.66. The van der Waals surface area contributed by atoms with Gasteiger partial charge in [-0.05, 0) is 30.0 Å². The highest BCUT2D eigenvalue weighted by atomic mass is 16.3. The molecule has 5 nitrogen and oxygen atoms in total. The summed E-state index contributed by atoms with van der Waals surface area (Å²) in [6.45, 7) is 1.13. The van der Waals surface area contributed by atoms with Crippen LogP contribution in [-0.4, -0.2) is 41.5 Å². The summed E-state index contributed by atoms with van der Waals surface area (Å²) in [5.74, 6) is -0.576. The van der Waals surface area contributed by atoms with Gasteiger partial charge in [0.1, 0.15) is 0 Å². The van der Waals surface area contributed by atoms with Crippen molar-refractivity contribution in [3.63, 3.8) is 0 Å². The second kappa shape index (κ2) is 7.70. The number of hydrogen-bond acceptors (Lipinski definition) is 3. The number of amides is 2. The van der Waals surface area contributed by atoms with Gasteiger partial charge in [0.15, 0.2) is 0 Å². The molecule has 3 N–H and O–H groups in total. The predicted octanol–water partition coefficient (Wildman–Crippen LogP) is 1.88. The van der Waals surface area contributed by atoms with E-state index in [2.05, 4.69) is 0 Å². The zero-order valence-corrected chi connectivity index (χ0v) is 14.7. The van der Waals surface area contributed by atoms with E-state index in [-0.39, 0.29) is 18.9 Å². The molecule has 1 heterocycles. The van der Waals surface area contributed by atoms with E-state index in [0.29, 0.717) is 24.2 Å². The summed E-state index contributed by atoms with van der Waals surface area (Å²) in [6, 6.07) is 16.8. The minimum absolute atomic E-state index is 0.00132. The molecule has 0 radical (unpaired) electrons. The molecular weight excluding hydrogens is 328 g/mol. The molecule has 0 spiro atoms. The normalized spacial score (nSPS) is 20.0. The summed E-state index contributed by atoms with van der Waals surface area (Å²) in [5, 5.41) is 10.1. The van der Waals surface area contributed by atoms with Gasteiger partial charge in [-0.15, -0.1) is 0 Å². The zero-order valence-electron chi connectivity index (χ0n) is 14.7. The second-order valence-electron chi connectivity index (χ2n) is 6.92. The van der Waals surface area contributed by atoms with E-state index in [0.717, 1.165) is 18.4 Å². The van der Waals surface area contributed by atoms with Crippen molar-refractivity contribution in [2.45, 2.75) is 24.7 Å². The summed E-state index contributed by atoms with van der Waals surface area (Å²) in [4.78, 5) is 26.2. The molecule has 3 rings (SSSR count). The number of hydrogen-bond donors (Lipinski definition) is 2. The van der Waals surface area contributed by atoms with E-state index in [1.165, 1.54) is 0 Å². The summed E-state index contributed by atoms with van der Waals surface area (Å²) in [7, 11) is 0. The number of carbonyl (C=O) groups excluding carboxylic acids is 2. The molecule has 0 aliphatic carbocycles. The van der Waals surface area contributed by atoms with E-state index < -0.39 is 11.3 Å². The van der Waals surface area contributed by atoms with Crippen LogP contribution in [-0.2, 0) is 16.6 Å². The van der Waals surface area contributed by atoms with Crippen LogP contribution in [0.1, 0.15) is 34.3 Å². The molecule has 2 aromatic carbocycles. The summed E-state index contributed by atoms with van der Waals surface area (Å²) in [6.07, 6.45) is 1.81. The van der Waals surface area contributed by atoms with Crippen LogP contribution in [0.15, 0.2) is 54.6 Å². The van der Waals surface area contributed by atoms with Crippen LogP contribution in [0.25, 0.3) is 0 Å². The lowest BCUT2D eigenvalue weighted by Gasteiger charge is -2.42. The standard InChI is InChI=1S/C21H24N2O3/c22-20(26)18-10-5-4-7-16(18)13-19(25)23-12-6-11-21(14-23,15-24)17-8-2-1-3-9-17/h1-5,7-10,24H,6,11-15H2,(H2,22,26). The summed E-state index contributed by atoms with van der Waals surface area (Å²) in [5.41, 5.74) is 7.06. The van der Waals surface area contributed by atoms with Crippen LogP contribution in [0.2, 0.25) is 0 Å². The number of likely N-dealkylation sites (tertiary alicyclic amines) is 1. The molecule has 1 aliphatic rings. The zero-order chi connectivity index (χ0) is 18.6. The quantitative estimate of drug-likeness (QED) is 0.862.